The van der Waals surface area contributed by atoms with Gasteiger partial charge in [-0.05, 0) is 18.2 Å². The van der Waals surface area contributed by atoms with Crippen LogP contribution in [0.3, 0.4) is 0 Å². The minimum absolute atomic E-state index is 0. The van der Waals surface area contributed by atoms with Crippen LogP contribution in [0.15, 0.2) is 69.7 Å². The molecule has 0 atom stereocenters. The lowest BCUT2D eigenvalue weighted by atomic mass is 10.3. The van der Waals surface area contributed by atoms with Gasteiger partial charge in [-0.25, -0.2) is 0 Å². The fourth-order valence-corrected chi connectivity index (χ4v) is 2.13. The van der Waals surface area contributed by atoms with Crippen molar-refractivity contribution in [3.63, 3.8) is 0 Å². The number of oxime groups is 2. The molecule has 0 unspecified atom stereocenters. The zero-order chi connectivity index (χ0) is 16.1. The highest BCUT2D eigenvalue weighted by atomic mass is 79.9. The van der Waals surface area contributed by atoms with Crippen LogP contribution in [0.5, 0.6) is 0 Å². The van der Waals surface area contributed by atoms with E-state index in [4.69, 9.17) is 14.9 Å². The van der Waals surface area contributed by atoms with Crippen LogP contribution in [0.4, 0.5) is 0 Å². The van der Waals surface area contributed by atoms with Gasteiger partial charge in [-0.1, -0.05) is 16.4 Å². The first-order chi connectivity index (χ1) is 11.3. The summed E-state index contributed by atoms with van der Waals surface area (Å²) in [6.07, 6.45) is 6.12. The molecule has 25 heavy (non-hydrogen) atoms. The molecule has 0 fully saturated rings. The maximum absolute atomic E-state index is 8.74. The highest BCUT2D eigenvalue weighted by Crippen LogP contribution is 2.05. The molecule has 3 rings (SSSR count). The van der Waals surface area contributed by atoms with Crippen LogP contribution in [0, 0.1) is 0 Å². The summed E-state index contributed by atoms with van der Waals surface area (Å²) in [5.41, 5.74) is 1.25. The van der Waals surface area contributed by atoms with Gasteiger partial charge in [0.1, 0.15) is 12.4 Å². The molecule has 0 aliphatic heterocycles. The van der Waals surface area contributed by atoms with Crippen molar-refractivity contribution in [3.8, 4) is 11.7 Å². The highest BCUT2D eigenvalue weighted by molar-refractivity contribution is 5.75. The van der Waals surface area contributed by atoms with Gasteiger partial charge in [0.2, 0.25) is 5.69 Å². The summed E-state index contributed by atoms with van der Waals surface area (Å²) >= 11 is 0. The molecule has 2 N–H and O–H groups in total. The summed E-state index contributed by atoms with van der Waals surface area (Å²) in [5, 5.41) is 27.6. The second-order valence-corrected chi connectivity index (χ2v) is 4.50. The van der Waals surface area contributed by atoms with E-state index in [2.05, 4.69) is 15.5 Å². The molecule has 3 aromatic rings. The average molecular weight is 471 g/mol. The molecule has 8 nitrogen and oxygen atoms in total. The van der Waals surface area contributed by atoms with Crippen LogP contribution in [-0.2, 0) is 0 Å². The van der Waals surface area contributed by atoms with Gasteiger partial charge in [0, 0.05) is 12.1 Å². The van der Waals surface area contributed by atoms with Crippen LogP contribution >= 0.6 is 0 Å². The van der Waals surface area contributed by atoms with Gasteiger partial charge in [0.15, 0.2) is 23.1 Å². The summed E-state index contributed by atoms with van der Waals surface area (Å²) in [7, 11) is 0. The minimum atomic E-state index is 0. The Labute approximate surface area is 163 Å². The van der Waals surface area contributed by atoms with E-state index < -0.39 is 0 Å². The Morgan fingerprint density at radius 3 is 2.04 bits per heavy atom. The van der Waals surface area contributed by atoms with Crippen molar-refractivity contribution >= 4 is 12.4 Å². The average Bonchev–Trinajstić information content (AvgIpc) is 3.06. The Morgan fingerprint density at radius 1 is 0.880 bits per heavy atom. The number of hydrogen-bond acceptors (Lipinski definition) is 6. The Kier molecular flexibility index (Phi) is 7.89. The van der Waals surface area contributed by atoms with E-state index in [1.165, 1.54) is 12.4 Å². The molecule has 0 aromatic carbocycles. The van der Waals surface area contributed by atoms with Gasteiger partial charge in [0.05, 0.1) is 6.20 Å². The van der Waals surface area contributed by atoms with E-state index in [0.717, 1.165) is 0 Å². The van der Waals surface area contributed by atoms with Crippen molar-refractivity contribution in [3.05, 3.63) is 66.2 Å². The number of aromatic nitrogens is 3. The van der Waals surface area contributed by atoms with Crippen molar-refractivity contribution in [2.45, 2.75) is 0 Å². The predicted octanol–water partition coefficient (Wildman–Crippen LogP) is -5.15. The molecular weight excluding hydrogens is 458 g/mol. The second-order valence-electron chi connectivity index (χ2n) is 4.50. The van der Waals surface area contributed by atoms with Gasteiger partial charge < -0.3 is 44.4 Å². The fraction of sp³-hybridized carbons (Fsp3) is 0. The van der Waals surface area contributed by atoms with E-state index in [-0.39, 0.29) is 34.0 Å². The Hall–Kier alpha value is -2.59. The van der Waals surface area contributed by atoms with Crippen molar-refractivity contribution < 1.29 is 58.0 Å². The summed E-state index contributed by atoms with van der Waals surface area (Å²) in [5.74, 6) is 0.956. The third-order valence-corrected chi connectivity index (χ3v) is 3.13. The summed E-state index contributed by atoms with van der Waals surface area (Å²) in [6, 6.07) is 12.5. The van der Waals surface area contributed by atoms with Gasteiger partial charge >= 0.3 is 11.7 Å². The van der Waals surface area contributed by atoms with E-state index >= 15 is 0 Å². The number of nitrogens with zero attached hydrogens (tertiary/aromatic N) is 5. The van der Waals surface area contributed by atoms with Crippen molar-refractivity contribution in [1.82, 2.24) is 5.16 Å². The van der Waals surface area contributed by atoms with Crippen molar-refractivity contribution in [1.29, 1.82) is 0 Å². The van der Waals surface area contributed by atoms with Gasteiger partial charge in [-0.3, -0.25) is 0 Å². The molecule has 0 aliphatic carbocycles. The summed E-state index contributed by atoms with van der Waals surface area (Å²) in [6.45, 7) is 0. The van der Waals surface area contributed by atoms with Crippen LogP contribution in [0.25, 0.3) is 11.7 Å². The minimum Gasteiger partial charge on any atom is -1.00 e. The normalized spacial score (nSPS) is 10.6. The van der Waals surface area contributed by atoms with Crippen molar-refractivity contribution in [2.75, 3.05) is 0 Å². The first-order valence-electron chi connectivity index (χ1n) is 6.67. The molecule has 130 valence electrons. The summed E-state index contributed by atoms with van der Waals surface area (Å²) in [4.78, 5) is 0. The van der Waals surface area contributed by atoms with Crippen molar-refractivity contribution in [2.24, 2.45) is 10.3 Å². The molecule has 10 heteroatoms. The Bertz CT molecular complexity index is 813. The molecule has 0 amide bonds. The van der Waals surface area contributed by atoms with E-state index in [1.54, 1.807) is 39.7 Å². The maximum Gasteiger partial charge on any atom is 0.432 e. The maximum atomic E-state index is 8.74. The molecule has 0 radical (unpaired) electrons. The quantitative estimate of drug-likeness (QED) is 0.172. The van der Waals surface area contributed by atoms with Crippen LogP contribution in [0.2, 0.25) is 0 Å². The standard InChI is InChI=1S/C15H11N5O3.2BrH/c21-16-10-12-5-1-3-7-19(12)14-9-15(23-18-14)20-8-4-2-6-13(20)11-17-22;;/h1-11H;2*1H. The number of hydrogen-bond donors (Lipinski definition) is 2. The first-order valence-corrected chi connectivity index (χ1v) is 6.67. The zero-order valence-electron chi connectivity index (χ0n) is 12.6. The summed E-state index contributed by atoms with van der Waals surface area (Å²) < 4.78 is 8.75. The lowest BCUT2D eigenvalue weighted by Crippen LogP contribution is -3.00. The Morgan fingerprint density at radius 2 is 1.44 bits per heavy atom. The molecule has 0 saturated heterocycles. The monoisotopic (exact) mass is 469 g/mol. The number of pyridine rings is 2. The second kappa shape index (κ2) is 9.64. The van der Waals surface area contributed by atoms with E-state index in [0.29, 0.717) is 23.1 Å². The number of halogens is 2. The molecular formula is C15H13Br2N5O3. The van der Waals surface area contributed by atoms with Gasteiger partial charge in [0.25, 0.3) is 0 Å². The highest BCUT2D eigenvalue weighted by Gasteiger charge is 2.25. The van der Waals surface area contributed by atoms with Crippen LogP contribution in [-0.4, -0.2) is 28.0 Å². The van der Waals surface area contributed by atoms with Gasteiger partial charge in [-0.15, -0.1) is 4.57 Å². The Balaban J connectivity index is 0.00000156. The molecule has 0 aliphatic rings. The van der Waals surface area contributed by atoms with Crippen LogP contribution in [0.1, 0.15) is 11.4 Å². The first kappa shape index (κ1) is 20.5. The lowest BCUT2D eigenvalue weighted by molar-refractivity contribution is -0.611. The number of rotatable bonds is 4. The molecule has 0 saturated carbocycles. The fourth-order valence-electron chi connectivity index (χ4n) is 2.13. The molecule has 3 heterocycles. The molecule has 0 bridgehead atoms. The topological polar surface area (TPSA) is 99.0 Å². The van der Waals surface area contributed by atoms with Crippen LogP contribution < -0.4 is 43.1 Å². The third-order valence-electron chi connectivity index (χ3n) is 3.13. The largest absolute Gasteiger partial charge is 1.00 e. The zero-order valence-corrected chi connectivity index (χ0v) is 15.8. The molecule has 3 aromatic heterocycles. The van der Waals surface area contributed by atoms with E-state index in [9.17, 15) is 0 Å². The third kappa shape index (κ3) is 4.48. The molecule has 0 spiro atoms. The van der Waals surface area contributed by atoms with Gasteiger partial charge in [-0.2, -0.15) is 9.09 Å². The smallest absolute Gasteiger partial charge is 0.432 e. The van der Waals surface area contributed by atoms with E-state index in [1.807, 2.05) is 24.3 Å². The SMILES string of the molecule is O/N=C/c1cccc[n+]1-c1cc(-[n+]2ccccc2/C=N/O)on1.[Br-].[Br-]. The predicted molar refractivity (Wildman–Crippen MR) is 78.3 cm³/mol. The lowest BCUT2D eigenvalue weighted by Gasteiger charge is -1.95.